The first-order valence-corrected chi connectivity index (χ1v) is 5.94. The zero-order valence-corrected chi connectivity index (χ0v) is 10.9. The lowest BCUT2D eigenvalue weighted by atomic mass is 10.1. The van der Waals surface area contributed by atoms with Crippen LogP contribution in [0, 0.1) is 13.8 Å². The van der Waals surface area contributed by atoms with Gasteiger partial charge < -0.3 is 10.4 Å². The molecule has 100 valence electrons. The van der Waals surface area contributed by atoms with Crippen LogP contribution in [0.3, 0.4) is 0 Å². The van der Waals surface area contributed by atoms with Gasteiger partial charge in [-0.15, -0.1) is 0 Å². The Hall–Kier alpha value is -1.85. The minimum absolute atomic E-state index is 0.0194. The number of carbonyl (C=O) groups excluding carboxylic acids is 1. The van der Waals surface area contributed by atoms with E-state index in [0.717, 1.165) is 17.0 Å². The van der Waals surface area contributed by atoms with Gasteiger partial charge in [0.1, 0.15) is 0 Å². The predicted molar refractivity (Wildman–Crippen MR) is 66.1 cm³/mol. The van der Waals surface area contributed by atoms with Crippen LogP contribution in [-0.2, 0) is 9.59 Å². The molecule has 1 rings (SSSR count). The fourth-order valence-electron chi connectivity index (χ4n) is 1.98. The van der Waals surface area contributed by atoms with Gasteiger partial charge in [-0.25, -0.2) is 0 Å². The maximum Gasteiger partial charge on any atom is 0.303 e. The molecule has 1 unspecified atom stereocenters. The second-order valence-electron chi connectivity index (χ2n) is 4.38. The van der Waals surface area contributed by atoms with Crippen molar-refractivity contribution in [2.45, 2.75) is 46.1 Å². The van der Waals surface area contributed by atoms with Crippen LogP contribution in [-0.4, -0.2) is 27.2 Å². The molecule has 0 bridgehead atoms. The summed E-state index contributed by atoms with van der Waals surface area (Å²) in [6.45, 7) is 5.67. The van der Waals surface area contributed by atoms with E-state index in [4.69, 9.17) is 5.11 Å². The Morgan fingerprint density at radius 3 is 2.56 bits per heavy atom. The number of rotatable bonds is 6. The summed E-state index contributed by atoms with van der Waals surface area (Å²) in [4.78, 5) is 22.0. The Morgan fingerprint density at radius 2 is 2.06 bits per heavy atom. The van der Waals surface area contributed by atoms with Crippen molar-refractivity contribution in [3.8, 4) is 0 Å². The second kappa shape index (κ2) is 6.18. The zero-order valence-electron chi connectivity index (χ0n) is 10.9. The molecule has 1 heterocycles. The number of carbonyl (C=O) groups is 2. The SMILES string of the molecule is Cc1n[nH]c(C)c1C(C)NC(=O)CCCC(=O)O. The summed E-state index contributed by atoms with van der Waals surface area (Å²) in [6.07, 6.45) is 0.607. The molecule has 0 saturated heterocycles. The van der Waals surface area contributed by atoms with E-state index >= 15 is 0 Å². The lowest BCUT2D eigenvalue weighted by molar-refractivity contribution is -0.137. The molecule has 0 aliphatic carbocycles. The predicted octanol–water partition coefficient (Wildman–Crippen LogP) is 1.46. The van der Waals surface area contributed by atoms with Crippen molar-refractivity contribution in [2.24, 2.45) is 0 Å². The van der Waals surface area contributed by atoms with Crippen molar-refractivity contribution in [2.75, 3.05) is 0 Å². The van der Waals surface area contributed by atoms with E-state index in [-0.39, 0.29) is 24.8 Å². The molecule has 1 amide bonds. The third kappa shape index (κ3) is 3.87. The Bertz CT molecular complexity index is 420. The molecule has 6 nitrogen and oxygen atoms in total. The van der Waals surface area contributed by atoms with Gasteiger partial charge in [0, 0.05) is 24.1 Å². The lowest BCUT2D eigenvalue weighted by Gasteiger charge is -2.14. The highest BCUT2D eigenvalue weighted by Gasteiger charge is 2.16. The number of carboxylic acid groups (broad SMARTS) is 1. The van der Waals surface area contributed by atoms with E-state index in [9.17, 15) is 9.59 Å². The standard InChI is InChI=1S/C12H19N3O3/c1-7(12-8(2)14-15-9(12)3)13-10(16)5-4-6-11(17)18/h7H,4-6H2,1-3H3,(H,13,16)(H,14,15)(H,17,18). The van der Waals surface area contributed by atoms with Gasteiger partial charge in [-0.1, -0.05) is 0 Å². The molecule has 1 atom stereocenters. The van der Waals surface area contributed by atoms with Gasteiger partial charge in [-0.3, -0.25) is 14.7 Å². The summed E-state index contributed by atoms with van der Waals surface area (Å²) < 4.78 is 0. The molecular weight excluding hydrogens is 234 g/mol. The summed E-state index contributed by atoms with van der Waals surface area (Å²) >= 11 is 0. The number of hydrogen-bond acceptors (Lipinski definition) is 3. The number of aryl methyl sites for hydroxylation is 2. The molecule has 3 N–H and O–H groups in total. The van der Waals surface area contributed by atoms with Crippen molar-refractivity contribution in [3.63, 3.8) is 0 Å². The fraction of sp³-hybridized carbons (Fsp3) is 0.583. The Labute approximate surface area is 106 Å². The fourth-order valence-corrected chi connectivity index (χ4v) is 1.98. The molecule has 0 fully saturated rings. The van der Waals surface area contributed by atoms with Crippen molar-refractivity contribution in [3.05, 3.63) is 17.0 Å². The van der Waals surface area contributed by atoms with Crippen LogP contribution in [0.1, 0.15) is 49.2 Å². The van der Waals surface area contributed by atoms with Crippen molar-refractivity contribution < 1.29 is 14.7 Å². The highest BCUT2D eigenvalue weighted by molar-refractivity contribution is 5.77. The zero-order chi connectivity index (χ0) is 13.7. The number of hydrogen-bond donors (Lipinski definition) is 3. The average Bonchev–Trinajstić information content (AvgIpc) is 2.57. The van der Waals surface area contributed by atoms with Gasteiger partial charge in [-0.2, -0.15) is 5.10 Å². The van der Waals surface area contributed by atoms with Gasteiger partial charge in [0.2, 0.25) is 5.91 Å². The van der Waals surface area contributed by atoms with Gasteiger partial charge in [0.15, 0.2) is 0 Å². The molecule has 0 saturated carbocycles. The summed E-state index contributed by atoms with van der Waals surface area (Å²) in [7, 11) is 0. The Kier molecular flexibility index (Phi) is 4.88. The quantitative estimate of drug-likeness (QED) is 0.715. The third-order valence-corrected chi connectivity index (χ3v) is 2.79. The van der Waals surface area contributed by atoms with Crippen LogP contribution in [0.5, 0.6) is 0 Å². The van der Waals surface area contributed by atoms with Gasteiger partial charge >= 0.3 is 5.97 Å². The maximum absolute atomic E-state index is 11.6. The second-order valence-corrected chi connectivity index (χ2v) is 4.38. The van der Waals surface area contributed by atoms with Crippen molar-refractivity contribution in [1.29, 1.82) is 0 Å². The maximum atomic E-state index is 11.6. The number of carboxylic acids is 1. The number of H-pyrrole nitrogens is 1. The van der Waals surface area contributed by atoms with E-state index in [1.807, 2.05) is 20.8 Å². The van der Waals surface area contributed by atoms with E-state index in [1.165, 1.54) is 0 Å². The van der Waals surface area contributed by atoms with Crippen LogP contribution < -0.4 is 5.32 Å². The smallest absolute Gasteiger partial charge is 0.303 e. The molecule has 0 radical (unpaired) electrons. The Balaban J connectivity index is 2.47. The number of amides is 1. The first kappa shape index (κ1) is 14.2. The van der Waals surface area contributed by atoms with Crippen LogP contribution in [0.15, 0.2) is 0 Å². The van der Waals surface area contributed by atoms with E-state index < -0.39 is 5.97 Å². The lowest BCUT2D eigenvalue weighted by Crippen LogP contribution is -2.27. The summed E-state index contributed by atoms with van der Waals surface area (Å²) in [5.74, 6) is -1.01. The number of aromatic nitrogens is 2. The molecular formula is C12H19N3O3. The third-order valence-electron chi connectivity index (χ3n) is 2.79. The molecule has 0 aromatic carbocycles. The minimum Gasteiger partial charge on any atom is -0.481 e. The topological polar surface area (TPSA) is 95.1 Å². The molecule has 0 spiro atoms. The van der Waals surface area contributed by atoms with E-state index in [1.54, 1.807) is 0 Å². The largest absolute Gasteiger partial charge is 0.481 e. The van der Waals surface area contributed by atoms with Crippen molar-refractivity contribution in [1.82, 2.24) is 15.5 Å². The van der Waals surface area contributed by atoms with Crippen LogP contribution in [0.4, 0.5) is 0 Å². The van der Waals surface area contributed by atoms with Crippen molar-refractivity contribution >= 4 is 11.9 Å². The highest BCUT2D eigenvalue weighted by atomic mass is 16.4. The molecule has 0 aliphatic heterocycles. The van der Waals surface area contributed by atoms with Crippen LogP contribution >= 0.6 is 0 Å². The normalized spacial score (nSPS) is 12.2. The average molecular weight is 253 g/mol. The summed E-state index contributed by atoms with van der Waals surface area (Å²) in [6, 6.07) is -0.124. The number of aromatic amines is 1. The Morgan fingerprint density at radius 1 is 1.39 bits per heavy atom. The first-order chi connectivity index (χ1) is 8.41. The van der Waals surface area contributed by atoms with E-state index in [2.05, 4.69) is 15.5 Å². The molecule has 1 aromatic rings. The molecule has 18 heavy (non-hydrogen) atoms. The summed E-state index contributed by atoms with van der Waals surface area (Å²) in [5.41, 5.74) is 2.79. The number of nitrogens with one attached hydrogen (secondary N) is 2. The number of nitrogens with zero attached hydrogens (tertiary/aromatic N) is 1. The van der Waals surface area contributed by atoms with Gasteiger partial charge in [-0.05, 0) is 27.2 Å². The molecule has 6 heteroatoms. The van der Waals surface area contributed by atoms with Gasteiger partial charge in [0.25, 0.3) is 0 Å². The number of aliphatic carboxylic acids is 1. The summed E-state index contributed by atoms with van der Waals surface area (Å²) in [5, 5.41) is 18.3. The monoisotopic (exact) mass is 253 g/mol. The van der Waals surface area contributed by atoms with Crippen LogP contribution in [0.2, 0.25) is 0 Å². The minimum atomic E-state index is -0.877. The first-order valence-electron chi connectivity index (χ1n) is 5.94. The molecule has 1 aromatic heterocycles. The van der Waals surface area contributed by atoms with Crippen LogP contribution in [0.25, 0.3) is 0 Å². The van der Waals surface area contributed by atoms with E-state index in [0.29, 0.717) is 6.42 Å². The molecule has 0 aliphatic rings. The highest BCUT2D eigenvalue weighted by Crippen LogP contribution is 2.18. The van der Waals surface area contributed by atoms with Gasteiger partial charge in [0.05, 0.1) is 11.7 Å².